The van der Waals surface area contributed by atoms with Crippen molar-refractivity contribution in [1.29, 1.82) is 0 Å². The van der Waals surface area contributed by atoms with Crippen molar-refractivity contribution in [3.8, 4) is 11.5 Å². The molecule has 0 spiro atoms. The molecule has 0 aliphatic carbocycles. The van der Waals surface area contributed by atoms with Crippen LogP contribution in [0.25, 0.3) is 0 Å². The maximum atomic E-state index is 12.7. The number of nitrogens with zero attached hydrogens (tertiary/aromatic N) is 1. The van der Waals surface area contributed by atoms with Gasteiger partial charge in [0.25, 0.3) is 5.91 Å². The first-order valence-electron chi connectivity index (χ1n) is 8.13. The SMILES string of the molecule is COc1ccc(C(=O)N2CC(Nc3ccccc3CO)C2)c(OC)c1. The van der Waals surface area contributed by atoms with E-state index in [2.05, 4.69) is 5.32 Å². The second-order valence-electron chi connectivity index (χ2n) is 5.93. The van der Waals surface area contributed by atoms with Crippen molar-refractivity contribution < 1.29 is 19.4 Å². The van der Waals surface area contributed by atoms with Gasteiger partial charge in [-0.15, -0.1) is 0 Å². The minimum absolute atomic E-state index is 0.0123. The summed E-state index contributed by atoms with van der Waals surface area (Å²) in [7, 11) is 3.12. The number of rotatable bonds is 6. The minimum Gasteiger partial charge on any atom is -0.497 e. The molecule has 1 aliphatic rings. The van der Waals surface area contributed by atoms with Crippen LogP contribution in [0.3, 0.4) is 0 Å². The number of methoxy groups -OCH3 is 2. The molecule has 1 aliphatic heterocycles. The molecule has 1 amide bonds. The van der Waals surface area contributed by atoms with E-state index in [-0.39, 0.29) is 18.6 Å². The van der Waals surface area contributed by atoms with Crippen LogP contribution in [0.2, 0.25) is 0 Å². The average molecular weight is 342 g/mol. The smallest absolute Gasteiger partial charge is 0.257 e. The zero-order valence-corrected chi connectivity index (χ0v) is 14.4. The van der Waals surface area contributed by atoms with Crippen molar-refractivity contribution in [3.05, 3.63) is 53.6 Å². The number of para-hydroxylation sites is 1. The van der Waals surface area contributed by atoms with Crippen LogP contribution in [0.15, 0.2) is 42.5 Å². The van der Waals surface area contributed by atoms with E-state index in [0.29, 0.717) is 30.2 Å². The van der Waals surface area contributed by atoms with E-state index < -0.39 is 0 Å². The summed E-state index contributed by atoms with van der Waals surface area (Å²) in [6.07, 6.45) is 0. The number of carbonyl (C=O) groups excluding carboxylic acids is 1. The molecule has 0 unspecified atom stereocenters. The average Bonchev–Trinajstić information content (AvgIpc) is 2.63. The molecular weight excluding hydrogens is 320 g/mol. The molecule has 3 rings (SSSR count). The third-order valence-electron chi connectivity index (χ3n) is 4.36. The van der Waals surface area contributed by atoms with Crippen LogP contribution in [-0.4, -0.2) is 49.3 Å². The van der Waals surface area contributed by atoms with Crippen molar-refractivity contribution in [2.24, 2.45) is 0 Å². The summed E-state index contributed by atoms with van der Waals surface area (Å²) in [4.78, 5) is 14.4. The van der Waals surface area contributed by atoms with Crippen LogP contribution in [-0.2, 0) is 6.61 Å². The van der Waals surface area contributed by atoms with Gasteiger partial charge in [0.2, 0.25) is 0 Å². The Morgan fingerprint density at radius 3 is 2.64 bits per heavy atom. The van der Waals surface area contributed by atoms with Gasteiger partial charge in [0, 0.05) is 30.4 Å². The number of ether oxygens (including phenoxy) is 2. The fourth-order valence-corrected chi connectivity index (χ4v) is 2.90. The number of carbonyl (C=O) groups is 1. The second-order valence-corrected chi connectivity index (χ2v) is 5.93. The number of likely N-dealkylation sites (tertiary alicyclic amines) is 1. The first-order valence-corrected chi connectivity index (χ1v) is 8.13. The highest BCUT2D eigenvalue weighted by Crippen LogP contribution is 2.28. The Bertz CT molecular complexity index is 757. The molecule has 25 heavy (non-hydrogen) atoms. The molecule has 0 radical (unpaired) electrons. The number of amides is 1. The second kappa shape index (κ2) is 7.44. The molecule has 2 aromatic carbocycles. The summed E-state index contributed by atoms with van der Waals surface area (Å²) in [5, 5.41) is 12.8. The van der Waals surface area contributed by atoms with Crippen LogP contribution in [0.1, 0.15) is 15.9 Å². The number of hydrogen-bond donors (Lipinski definition) is 2. The Hall–Kier alpha value is -2.73. The Morgan fingerprint density at radius 2 is 1.96 bits per heavy atom. The molecule has 1 heterocycles. The maximum absolute atomic E-state index is 12.7. The molecule has 0 atom stereocenters. The standard InChI is InChI=1S/C19H22N2O4/c1-24-15-7-8-16(18(9-15)25-2)19(23)21-10-14(11-21)20-17-6-4-3-5-13(17)12-22/h3-9,14,20,22H,10-12H2,1-2H3. The van der Waals surface area contributed by atoms with Gasteiger partial charge >= 0.3 is 0 Å². The summed E-state index contributed by atoms with van der Waals surface area (Å²) in [5.41, 5.74) is 2.28. The van der Waals surface area contributed by atoms with Gasteiger partial charge in [-0.1, -0.05) is 18.2 Å². The maximum Gasteiger partial charge on any atom is 0.257 e. The van der Waals surface area contributed by atoms with Crippen molar-refractivity contribution in [2.75, 3.05) is 32.6 Å². The van der Waals surface area contributed by atoms with Gasteiger partial charge in [-0.2, -0.15) is 0 Å². The highest BCUT2D eigenvalue weighted by atomic mass is 16.5. The molecule has 132 valence electrons. The monoisotopic (exact) mass is 342 g/mol. The van der Waals surface area contributed by atoms with Crippen molar-refractivity contribution in [3.63, 3.8) is 0 Å². The normalized spacial score (nSPS) is 14.0. The molecule has 2 N–H and O–H groups in total. The third kappa shape index (κ3) is 3.53. The molecule has 6 nitrogen and oxygen atoms in total. The van der Waals surface area contributed by atoms with Crippen LogP contribution in [0.5, 0.6) is 11.5 Å². The largest absolute Gasteiger partial charge is 0.497 e. The van der Waals surface area contributed by atoms with Crippen molar-refractivity contribution >= 4 is 11.6 Å². The predicted octanol–water partition coefficient (Wildman–Crippen LogP) is 2.13. The fraction of sp³-hybridized carbons (Fsp3) is 0.316. The van der Waals surface area contributed by atoms with Crippen LogP contribution in [0, 0.1) is 0 Å². The van der Waals surface area contributed by atoms with Crippen LogP contribution >= 0.6 is 0 Å². The summed E-state index contributed by atoms with van der Waals surface area (Å²) in [6.45, 7) is 1.20. The van der Waals surface area contributed by atoms with Gasteiger partial charge in [-0.05, 0) is 18.2 Å². The highest BCUT2D eigenvalue weighted by molar-refractivity contribution is 5.97. The first-order chi connectivity index (χ1) is 12.2. The van der Waals surface area contributed by atoms with Crippen molar-refractivity contribution in [2.45, 2.75) is 12.6 Å². The molecule has 6 heteroatoms. The lowest BCUT2D eigenvalue weighted by Gasteiger charge is -2.40. The van der Waals surface area contributed by atoms with Gasteiger partial charge in [0.15, 0.2) is 0 Å². The zero-order valence-electron chi connectivity index (χ0n) is 14.4. The summed E-state index contributed by atoms with van der Waals surface area (Å²) in [6, 6.07) is 13.0. The van der Waals surface area contributed by atoms with Gasteiger partial charge in [-0.3, -0.25) is 4.79 Å². The lowest BCUT2D eigenvalue weighted by atomic mass is 10.0. The molecule has 0 bridgehead atoms. The van der Waals surface area contributed by atoms with Gasteiger partial charge in [0.1, 0.15) is 11.5 Å². The van der Waals surface area contributed by atoms with E-state index in [1.807, 2.05) is 24.3 Å². The number of aliphatic hydroxyl groups excluding tert-OH is 1. The fourth-order valence-electron chi connectivity index (χ4n) is 2.90. The van der Waals surface area contributed by atoms with E-state index >= 15 is 0 Å². The molecule has 1 saturated heterocycles. The van der Waals surface area contributed by atoms with Gasteiger partial charge < -0.3 is 24.8 Å². The Kier molecular flexibility index (Phi) is 5.09. The van der Waals surface area contributed by atoms with Crippen LogP contribution in [0.4, 0.5) is 5.69 Å². The first kappa shape index (κ1) is 17.1. The van der Waals surface area contributed by atoms with E-state index in [9.17, 15) is 9.90 Å². The van der Waals surface area contributed by atoms with Gasteiger partial charge in [-0.25, -0.2) is 0 Å². The molecule has 1 fully saturated rings. The topological polar surface area (TPSA) is 71.0 Å². The van der Waals surface area contributed by atoms with E-state index in [0.717, 1.165) is 11.3 Å². The van der Waals surface area contributed by atoms with Gasteiger partial charge in [0.05, 0.1) is 32.4 Å². The van der Waals surface area contributed by atoms with Crippen molar-refractivity contribution in [1.82, 2.24) is 4.90 Å². The Morgan fingerprint density at radius 1 is 1.20 bits per heavy atom. The quantitative estimate of drug-likeness (QED) is 0.842. The Labute approximate surface area is 147 Å². The lowest BCUT2D eigenvalue weighted by molar-refractivity contribution is 0.0621. The molecule has 0 saturated carbocycles. The number of nitrogens with one attached hydrogen (secondary N) is 1. The molecule has 2 aromatic rings. The third-order valence-corrected chi connectivity index (χ3v) is 4.36. The number of benzene rings is 2. The van der Waals surface area contributed by atoms with E-state index in [1.165, 1.54) is 7.11 Å². The highest BCUT2D eigenvalue weighted by Gasteiger charge is 2.32. The predicted molar refractivity (Wildman–Crippen MR) is 95.2 cm³/mol. The zero-order chi connectivity index (χ0) is 17.8. The lowest BCUT2D eigenvalue weighted by Crippen LogP contribution is -2.57. The van der Waals surface area contributed by atoms with E-state index in [1.54, 1.807) is 30.2 Å². The minimum atomic E-state index is -0.0620. The number of hydrogen-bond acceptors (Lipinski definition) is 5. The number of anilines is 1. The van der Waals surface area contributed by atoms with E-state index in [4.69, 9.17) is 9.47 Å². The molecular formula is C19H22N2O4. The molecule has 0 aromatic heterocycles. The van der Waals surface area contributed by atoms with Crippen LogP contribution < -0.4 is 14.8 Å². The summed E-state index contributed by atoms with van der Waals surface area (Å²) in [5.74, 6) is 1.09. The summed E-state index contributed by atoms with van der Waals surface area (Å²) < 4.78 is 10.5. The Balaban J connectivity index is 1.63. The summed E-state index contributed by atoms with van der Waals surface area (Å²) >= 11 is 0. The number of aliphatic hydroxyl groups is 1.